The summed E-state index contributed by atoms with van der Waals surface area (Å²) in [5.74, 6) is 1.62. The molecule has 7 nitrogen and oxygen atoms in total. The number of nitrogens with one attached hydrogen (secondary N) is 1. The highest BCUT2D eigenvalue weighted by molar-refractivity contribution is 7.99. The molecule has 0 radical (unpaired) electrons. The van der Waals surface area contributed by atoms with Gasteiger partial charge in [0, 0.05) is 12.4 Å². The number of amides is 1. The molecule has 0 aliphatic carbocycles. The summed E-state index contributed by atoms with van der Waals surface area (Å²) in [4.78, 5) is 16.2. The van der Waals surface area contributed by atoms with Crippen LogP contribution in [0.2, 0.25) is 0 Å². The average molecular weight is 404 g/mol. The van der Waals surface area contributed by atoms with E-state index >= 15 is 0 Å². The number of thioether (sulfide) groups is 1. The molecule has 27 heavy (non-hydrogen) atoms. The Labute approximate surface area is 166 Å². The smallest absolute Gasteiger partial charge is 0.236 e. The van der Waals surface area contributed by atoms with Crippen LogP contribution >= 0.6 is 23.1 Å². The Kier molecular flexibility index (Phi) is 6.46. The second-order valence-corrected chi connectivity index (χ2v) is 7.68. The molecule has 0 aliphatic heterocycles. The molecule has 1 amide bonds. The zero-order valence-corrected chi connectivity index (χ0v) is 17.1. The number of aryl methyl sites for hydroxylation is 2. The third-order valence-electron chi connectivity index (χ3n) is 3.82. The number of hydrogen-bond donors (Lipinski definition) is 1. The maximum atomic E-state index is 12.0. The van der Waals surface area contributed by atoms with Crippen molar-refractivity contribution in [3.8, 4) is 5.75 Å². The number of hydrogen-bond acceptors (Lipinski definition) is 7. The molecule has 9 heteroatoms. The summed E-state index contributed by atoms with van der Waals surface area (Å²) in [6.07, 6.45) is 1.000. The Hall–Kier alpha value is -2.39. The van der Waals surface area contributed by atoms with E-state index in [2.05, 4.69) is 39.6 Å². The highest BCUT2D eigenvalue weighted by Gasteiger charge is 2.13. The van der Waals surface area contributed by atoms with Crippen molar-refractivity contribution < 1.29 is 9.53 Å². The molecular formula is C18H21N5O2S2. The highest BCUT2D eigenvalue weighted by atomic mass is 32.2. The SMILES string of the molecule is CCc1ccc(OCc2nnc(SCC(=O)Nc3nc(C)cs3)n2C)cc1. The van der Waals surface area contributed by atoms with Gasteiger partial charge >= 0.3 is 0 Å². The molecular weight excluding hydrogens is 382 g/mol. The van der Waals surface area contributed by atoms with Crippen LogP contribution in [0.1, 0.15) is 24.0 Å². The van der Waals surface area contributed by atoms with Gasteiger partial charge in [0.05, 0.1) is 11.4 Å². The largest absolute Gasteiger partial charge is 0.486 e. The van der Waals surface area contributed by atoms with Crippen LogP contribution in [0.5, 0.6) is 5.75 Å². The Morgan fingerprint density at radius 2 is 2.07 bits per heavy atom. The lowest BCUT2D eigenvalue weighted by Crippen LogP contribution is -2.14. The predicted molar refractivity (Wildman–Crippen MR) is 107 cm³/mol. The summed E-state index contributed by atoms with van der Waals surface area (Å²) in [6.45, 7) is 4.33. The summed E-state index contributed by atoms with van der Waals surface area (Å²) in [5, 5.41) is 14.3. The fourth-order valence-electron chi connectivity index (χ4n) is 2.26. The van der Waals surface area contributed by atoms with Crippen LogP contribution < -0.4 is 10.1 Å². The zero-order valence-electron chi connectivity index (χ0n) is 15.4. The summed E-state index contributed by atoms with van der Waals surface area (Å²) in [5.41, 5.74) is 2.16. The molecule has 142 valence electrons. The monoisotopic (exact) mass is 403 g/mol. The second kappa shape index (κ2) is 9.01. The van der Waals surface area contributed by atoms with Gasteiger partial charge in [-0.2, -0.15) is 0 Å². The maximum Gasteiger partial charge on any atom is 0.236 e. The van der Waals surface area contributed by atoms with Crippen molar-refractivity contribution in [1.29, 1.82) is 0 Å². The van der Waals surface area contributed by atoms with Gasteiger partial charge in [0.2, 0.25) is 5.91 Å². The number of aromatic nitrogens is 4. The minimum atomic E-state index is -0.119. The predicted octanol–water partition coefficient (Wildman–Crippen LogP) is 3.45. The maximum absolute atomic E-state index is 12.0. The number of thiazole rings is 1. The van der Waals surface area contributed by atoms with Gasteiger partial charge in [-0.3, -0.25) is 4.79 Å². The molecule has 0 atom stereocenters. The number of nitrogens with zero attached hydrogens (tertiary/aromatic N) is 4. The van der Waals surface area contributed by atoms with Crippen molar-refractivity contribution in [3.63, 3.8) is 0 Å². The molecule has 0 aliphatic rings. The number of anilines is 1. The van der Waals surface area contributed by atoms with Gasteiger partial charge in [-0.25, -0.2) is 4.98 Å². The third-order valence-corrected chi connectivity index (χ3v) is 5.72. The number of carbonyl (C=O) groups excluding carboxylic acids is 1. The molecule has 0 saturated carbocycles. The normalized spacial score (nSPS) is 10.8. The highest BCUT2D eigenvalue weighted by Crippen LogP contribution is 2.19. The first-order chi connectivity index (χ1) is 13.0. The van der Waals surface area contributed by atoms with Crippen LogP contribution in [0.15, 0.2) is 34.8 Å². The number of ether oxygens (including phenoxy) is 1. The van der Waals surface area contributed by atoms with E-state index in [1.54, 1.807) is 0 Å². The lowest BCUT2D eigenvalue weighted by Gasteiger charge is -2.07. The van der Waals surface area contributed by atoms with Gasteiger partial charge in [-0.15, -0.1) is 21.5 Å². The molecule has 2 aromatic heterocycles. The van der Waals surface area contributed by atoms with E-state index in [1.165, 1.54) is 28.7 Å². The molecule has 3 rings (SSSR count). The molecule has 1 N–H and O–H groups in total. The molecule has 1 aromatic carbocycles. The minimum absolute atomic E-state index is 0.119. The van der Waals surface area contributed by atoms with E-state index in [4.69, 9.17) is 4.74 Å². The molecule has 0 fully saturated rings. The van der Waals surface area contributed by atoms with Gasteiger partial charge in [0.25, 0.3) is 0 Å². The fraction of sp³-hybridized carbons (Fsp3) is 0.333. The van der Waals surface area contributed by atoms with Gasteiger partial charge in [-0.05, 0) is 31.0 Å². The van der Waals surface area contributed by atoms with Gasteiger partial charge in [0.15, 0.2) is 16.1 Å². The Morgan fingerprint density at radius 1 is 1.30 bits per heavy atom. The second-order valence-electron chi connectivity index (χ2n) is 5.87. The van der Waals surface area contributed by atoms with Crippen LogP contribution in [0.25, 0.3) is 0 Å². The van der Waals surface area contributed by atoms with Crippen LogP contribution in [0.3, 0.4) is 0 Å². The molecule has 0 saturated heterocycles. The number of benzene rings is 1. The van der Waals surface area contributed by atoms with Crippen molar-refractivity contribution in [2.24, 2.45) is 7.05 Å². The van der Waals surface area contributed by atoms with E-state index in [0.717, 1.165) is 17.9 Å². The van der Waals surface area contributed by atoms with E-state index in [1.807, 2.05) is 36.1 Å². The molecule has 0 unspecified atom stereocenters. The lowest BCUT2D eigenvalue weighted by molar-refractivity contribution is -0.113. The Bertz CT molecular complexity index is 905. The van der Waals surface area contributed by atoms with Crippen molar-refractivity contribution in [2.75, 3.05) is 11.1 Å². The van der Waals surface area contributed by atoms with Crippen LogP contribution in [-0.2, 0) is 24.9 Å². The van der Waals surface area contributed by atoms with Crippen molar-refractivity contribution in [1.82, 2.24) is 19.7 Å². The van der Waals surface area contributed by atoms with Crippen LogP contribution in [0, 0.1) is 6.92 Å². The standard InChI is InChI=1S/C18H21N5O2S2/c1-4-13-5-7-14(8-6-13)25-9-15-21-22-18(23(15)3)27-11-16(24)20-17-19-12(2)10-26-17/h5-8,10H,4,9,11H2,1-3H3,(H,19,20,24). The average Bonchev–Trinajstić information content (AvgIpc) is 3.24. The van der Waals surface area contributed by atoms with Crippen LogP contribution in [-0.4, -0.2) is 31.4 Å². The summed E-state index contributed by atoms with van der Waals surface area (Å²) >= 11 is 2.74. The molecule has 0 bridgehead atoms. The molecule has 2 heterocycles. The topological polar surface area (TPSA) is 81.9 Å². The van der Waals surface area contributed by atoms with E-state index < -0.39 is 0 Å². The minimum Gasteiger partial charge on any atom is -0.486 e. The molecule has 3 aromatic rings. The fourth-order valence-corrected chi connectivity index (χ4v) is 3.70. The summed E-state index contributed by atoms with van der Waals surface area (Å²) in [7, 11) is 1.86. The van der Waals surface area contributed by atoms with Gasteiger partial charge < -0.3 is 14.6 Å². The Morgan fingerprint density at radius 3 is 2.74 bits per heavy atom. The van der Waals surface area contributed by atoms with Crippen molar-refractivity contribution in [2.45, 2.75) is 32.0 Å². The summed E-state index contributed by atoms with van der Waals surface area (Å²) < 4.78 is 7.61. The van der Waals surface area contributed by atoms with E-state index in [9.17, 15) is 4.79 Å². The van der Waals surface area contributed by atoms with E-state index in [0.29, 0.717) is 22.7 Å². The number of rotatable bonds is 8. The third kappa shape index (κ3) is 5.30. The van der Waals surface area contributed by atoms with Crippen LogP contribution in [0.4, 0.5) is 5.13 Å². The van der Waals surface area contributed by atoms with E-state index in [-0.39, 0.29) is 11.7 Å². The quantitative estimate of drug-likeness (QED) is 0.580. The van der Waals surface area contributed by atoms with Gasteiger partial charge in [0.1, 0.15) is 12.4 Å². The first-order valence-corrected chi connectivity index (χ1v) is 10.4. The molecule has 0 spiro atoms. The van der Waals surface area contributed by atoms with Crippen molar-refractivity contribution in [3.05, 3.63) is 46.7 Å². The van der Waals surface area contributed by atoms with Gasteiger partial charge in [-0.1, -0.05) is 30.8 Å². The first kappa shape index (κ1) is 19.4. The zero-order chi connectivity index (χ0) is 19.2. The van der Waals surface area contributed by atoms with Crippen molar-refractivity contribution >= 4 is 34.1 Å². The first-order valence-electron chi connectivity index (χ1n) is 8.50. The number of carbonyl (C=O) groups is 1. The lowest BCUT2D eigenvalue weighted by atomic mass is 10.2. The summed E-state index contributed by atoms with van der Waals surface area (Å²) in [6, 6.07) is 8.01. The Balaban J connectivity index is 1.51.